The van der Waals surface area contributed by atoms with E-state index in [2.05, 4.69) is 26.6 Å². The van der Waals surface area contributed by atoms with Gasteiger partial charge in [-0.2, -0.15) is 10.2 Å². The van der Waals surface area contributed by atoms with E-state index in [0.29, 0.717) is 81.3 Å². The topological polar surface area (TPSA) is 133 Å². The fraction of sp³-hybridized carbons (Fsp3) is 0.387. The Bertz CT molecular complexity index is 1470. The minimum Gasteiger partial charge on any atom is -0.378 e. The Morgan fingerprint density at radius 3 is 2.26 bits per heavy atom. The molecule has 0 bridgehead atoms. The van der Waals surface area contributed by atoms with Gasteiger partial charge in [0.05, 0.1) is 37.9 Å². The first-order chi connectivity index (χ1) is 20.2. The number of amides is 2. The van der Waals surface area contributed by atoms with Gasteiger partial charge in [-0.15, -0.1) is 0 Å². The molecule has 2 aliphatic rings. The number of anilines is 4. The van der Waals surface area contributed by atoms with Crippen LogP contribution in [0.25, 0.3) is 0 Å². The maximum atomic E-state index is 13.5. The molecular formula is C31H35N7O4. The van der Waals surface area contributed by atoms with Gasteiger partial charge in [0.15, 0.2) is 0 Å². The van der Waals surface area contributed by atoms with E-state index in [9.17, 15) is 14.9 Å². The number of carbonyl (C=O) groups excluding carboxylic acids is 2. The number of hydrogen-bond donors (Lipinski definition) is 2. The van der Waals surface area contributed by atoms with Crippen LogP contribution >= 0.6 is 0 Å². The summed E-state index contributed by atoms with van der Waals surface area (Å²) in [6.45, 7) is 10.5. The van der Waals surface area contributed by atoms with Gasteiger partial charge in [0, 0.05) is 49.2 Å². The molecule has 3 aromatic rings. The van der Waals surface area contributed by atoms with Crippen LogP contribution in [-0.2, 0) is 14.9 Å². The first-order valence-corrected chi connectivity index (χ1v) is 14.0. The number of ether oxygens (including phenoxy) is 2. The fourth-order valence-corrected chi connectivity index (χ4v) is 4.74. The van der Waals surface area contributed by atoms with E-state index >= 15 is 0 Å². The first kappa shape index (κ1) is 29.0. The highest BCUT2D eigenvalue weighted by atomic mass is 16.5. The smallest absolute Gasteiger partial charge is 0.274 e. The third-order valence-corrected chi connectivity index (χ3v) is 7.43. The lowest BCUT2D eigenvalue weighted by molar-refractivity contribution is 0.101. The van der Waals surface area contributed by atoms with Crippen molar-refractivity contribution in [3.8, 4) is 6.07 Å². The molecule has 2 aromatic carbocycles. The summed E-state index contributed by atoms with van der Waals surface area (Å²) in [5.74, 6) is 0.485. The largest absolute Gasteiger partial charge is 0.378 e. The summed E-state index contributed by atoms with van der Waals surface area (Å²) in [6.07, 6.45) is 0. The second-order valence-corrected chi connectivity index (χ2v) is 10.9. The van der Waals surface area contributed by atoms with Crippen LogP contribution in [0.2, 0.25) is 0 Å². The molecule has 2 fully saturated rings. The standard InChI is InChI=1S/C31H35N7O4/c1-21-7-8-24(33-28(39)22-5-4-6-23(17-22)31(2,3)20-32)18-25(21)34-29(40)26-19-27(37-9-13-41-14-10-37)36-30(35-26)38-11-15-42-16-12-38/h4-8,17-19H,9-16H2,1-3H3,(H,33,39)(H,34,40). The van der Waals surface area contributed by atoms with Crippen LogP contribution < -0.4 is 20.4 Å². The van der Waals surface area contributed by atoms with Crippen LogP contribution in [0, 0.1) is 18.3 Å². The summed E-state index contributed by atoms with van der Waals surface area (Å²) in [7, 11) is 0. The van der Waals surface area contributed by atoms with Crippen molar-refractivity contribution >= 4 is 35.0 Å². The summed E-state index contributed by atoms with van der Waals surface area (Å²) >= 11 is 0. The molecule has 42 heavy (non-hydrogen) atoms. The Labute approximate surface area is 245 Å². The highest BCUT2D eigenvalue weighted by Gasteiger charge is 2.23. The molecule has 2 N–H and O–H groups in total. The normalized spacial score (nSPS) is 15.6. The monoisotopic (exact) mass is 569 g/mol. The molecule has 11 nitrogen and oxygen atoms in total. The minimum absolute atomic E-state index is 0.249. The molecule has 0 aliphatic carbocycles. The lowest BCUT2D eigenvalue weighted by atomic mass is 9.85. The highest BCUT2D eigenvalue weighted by molar-refractivity contribution is 6.06. The van der Waals surface area contributed by atoms with Crippen LogP contribution in [0.1, 0.15) is 45.8 Å². The molecule has 1 aromatic heterocycles. The average molecular weight is 570 g/mol. The Balaban J connectivity index is 1.36. The number of carbonyl (C=O) groups is 2. The number of rotatable bonds is 7. The van der Waals surface area contributed by atoms with Gasteiger partial charge in [0.25, 0.3) is 11.8 Å². The molecule has 5 rings (SSSR count). The van der Waals surface area contributed by atoms with Gasteiger partial charge in [-0.3, -0.25) is 9.59 Å². The zero-order chi connectivity index (χ0) is 29.7. The van der Waals surface area contributed by atoms with Crippen molar-refractivity contribution in [3.63, 3.8) is 0 Å². The molecule has 0 spiro atoms. The third kappa shape index (κ3) is 6.67. The zero-order valence-electron chi connectivity index (χ0n) is 24.1. The fourth-order valence-electron chi connectivity index (χ4n) is 4.74. The number of benzene rings is 2. The van der Waals surface area contributed by atoms with Gasteiger partial charge in [-0.1, -0.05) is 18.2 Å². The van der Waals surface area contributed by atoms with E-state index < -0.39 is 5.41 Å². The van der Waals surface area contributed by atoms with Crippen LogP contribution in [0.3, 0.4) is 0 Å². The van der Waals surface area contributed by atoms with Gasteiger partial charge in [-0.25, -0.2) is 4.98 Å². The Hall–Kier alpha value is -4.53. The van der Waals surface area contributed by atoms with Crippen LogP contribution in [0.4, 0.5) is 23.1 Å². The summed E-state index contributed by atoms with van der Waals surface area (Å²) in [6, 6.07) is 16.3. The quantitative estimate of drug-likeness (QED) is 0.436. The first-order valence-electron chi connectivity index (χ1n) is 14.0. The van der Waals surface area contributed by atoms with Crippen molar-refractivity contribution in [2.75, 3.05) is 73.0 Å². The lowest BCUT2D eigenvalue weighted by Gasteiger charge is -2.31. The predicted octanol–water partition coefficient (Wildman–Crippen LogP) is 3.76. The highest BCUT2D eigenvalue weighted by Crippen LogP contribution is 2.26. The van der Waals surface area contributed by atoms with E-state index in [-0.39, 0.29) is 17.5 Å². The van der Waals surface area contributed by atoms with Crippen molar-refractivity contribution < 1.29 is 19.1 Å². The van der Waals surface area contributed by atoms with Gasteiger partial charge in [0.2, 0.25) is 5.95 Å². The van der Waals surface area contributed by atoms with Crippen molar-refractivity contribution in [2.24, 2.45) is 0 Å². The number of morpholine rings is 2. The predicted molar refractivity (Wildman–Crippen MR) is 160 cm³/mol. The van der Waals surface area contributed by atoms with Crippen LogP contribution in [-0.4, -0.2) is 74.4 Å². The average Bonchev–Trinajstić information content (AvgIpc) is 3.03. The Kier molecular flexibility index (Phi) is 8.66. The molecule has 0 saturated carbocycles. The minimum atomic E-state index is -0.720. The number of aryl methyl sites for hydroxylation is 1. The lowest BCUT2D eigenvalue weighted by Crippen LogP contribution is -2.40. The van der Waals surface area contributed by atoms with Gasteiger partial charge < -0.3 is 29.9 Å². The van der Waals surface area contributed by atoms with Crippen molar-refractivity contribution in [3.05, 3.63) is 70.9 Å². The van der Waals surface area contributed by atoms with Crippen molar-refractivity contribution in [1.29, 1.82) is 5.26 Å². The SMILES string of the molecule is Cc1ccc(NC(=O)c2cccc(C(C)(C)C#N)c2)cc1NC(=O)c1cc(N2CCOCC2)nc(N2CCOCC2)n1. The molecular weight excluding hydrogens is 534 g/mol. The second kappa shape index (κ2) is 12.5. The summed E-state index contributed by atoms with van der Waals surface area (Å²) in [4.78, 5) is 40.1. The van der Waals surface area contributed by atoms with Gasteiger partial charge >= 0.3 is 0 Å². The molecule has 0 radical (unpaired) electrons. The van der Waals surface area contributed by atoms with E-state index in [1.165, 1.54) is 0 Å². The zero-order valence-corrected chi connectivity index (χ0v) is 24.1. The third-order valence-electron chi connectivity index (χ3n) is 7.43. The maximum Gasteiger partial charge on any atom is 0.274 e. The molecule has 2 aliphatic heterocycles. The summed E-state index contributed by atoms with van der Waals surface area (Å²) in [5, 5.41) is 15.4. The molecule has 3 heterocycles. The van der Waals surface area contributed by atoms with E-state index in [1.54, 1.807) is 36.4 Å². The molecule has 11 heteroatoms. The number of nitriles is 1. The van der Waals surface area contributed by atoms with Gasteiger partial charge in [-0.05, 0) is 56.2 Å². The Morgan fingerprint density at radius 1 is 0.881 bits per heavy atom. The van der Waals surface area contributed by atoms with Crippen LogP contribution in [0.5, 0.6) is 0 Å². The molecule has 2 amide bonds. The van der Waals surface area contributed by atoms with E-state index in [0.717, 1.165) is 11.1 Å². The number of hydrogen-bond acceptors (Lipinski definition) is 9. The molecule has 2 saturated heterocycles. The van der Waals surface area contributed by atoms with Gasteiger partial charge in [0.1, 0.15) is 11.5 Å². The second-order valence-electron chi connectivity index (χ2n) is 10.9. The van der Waals surface area contributed by atoms with E-state index in [1.807, 2.05) is 37.8 Å². The molecule has 0 atom stereocenters. The summed E-state index contributed by atoms with van der Waals surface area (Å²) in [5.41, 5.74) is 2.63. The molecule has 218 valence electrons. The summed E-state index contributed by atoms with van der Waals surface area (Å²) < 4.78 is 11.0. The van der Waals surface area contributed by atoms with Crippen LogP contribution in [0.15, 0.2) is 48.5 Å². The van der Waals surface area contributed by atoms with Crippen molar-refractivity contribution in [2.45, 2.75) is 26.2 Å². The van der Waals surface area contributed by atoms with Crippen molar-refractivity contribution in [1.82, 2.24) is 9.97 Å². The Morgan fingerprint density at radius 2 is 1.57 bits per heavy atom. The number of nitrogens with one attached hydrogen (secondary N) is 2. The number of aromatic nitrogens is 2. The molecule has 0 unspecified atom stereocenters. The number of nitrogens with zero attached hydrogens (tertiary/aromatic N) is 5. The maximum absolute atomic E-state index is 13.5. The van der Waals surface area contributed by atoms with E-state index in [4.69, 9.17) is 14.5 Å².